The molecule has 0 spiro atoms. The Hall–Kier alpha value is -1.24. The number of alkyl halides is 3. The number of hydrogen-bond acceptors (Lipinski definition) is 3. The van der Waals surface area contributed by atoms with E-state index in [2.05, 4.69) is 0 Å². The number of carbonyl (C=O) groups is 1. The van der Waals surface area contributed by atoms with Crippen molar-refractivity contribution in [3.8, 4) is 0 Å². The van der Waals surface area contributed by atoms with Crippen LogP contribution in [0, 0.1) is 0 Å². The van der Waals surface area contributed by atoms with Crippen LogP contribution in [0.1, 0.15) is 10.5 Å². The van der Waals surface area contributed by atoms with Gasteiger partial charge in [0.25, 0.3) is 9.35 Å². The molecule has 108 valence electrons. The Labute approximate surface area is 128 Å². The molecule has 0 aliphatic rings. The van der Waals surface area contributed by atoms with Crippen molar-refractivity contribution >= 4 is 51.6 Å². The minimum Gasteiger partial charge on any atom is -0.327 e. The van der Waals surface area contributed by atoms with E-state index >= 15 is 0 Å². The summed E-state index contributed by atoms with van der Waals surface area (Å²) >= 11 is 16.7. The second-order valence-electron chi connectivity index (χ2n) is 4.36. The van der Waals surface area contributed by atoms with Crippen LogP contribution in [0.4, 0.5) is 0 Å². The first kappa shape index (κ1) is 15.2. The predicted molar refractivity (Wildman–Crippen MR) is 78.0 cm³/mol. The number of hydrogen-bond donors (Lipinski definition) is 0. The van der Waals surface area contributed by atoms with E-state index in [4.69, 9.17) is 34.8 Å². The topological polar surface area (TPSA) is 66.0 Å². The normalized spacial score (nSPS) is 12.1. The number of Topliss-reactive ketones (excluding diaryl/α,β-unsaturated/α-hetero) is 1. The number of rotatable bonds is 1. The van der Waals surface area contributed by atoms with Crippen LogP contribution in [0.15, 0.2) is 15.7 Å². The van der Waals surface area contributed by atoms with E-state index in [0.717, 1.165) is 4.57 Å². The molecule has 0 radical (unpaired) electrons. The van der Waals surface area contributed by atoms with Gasteiger partial charge in [-0.2, -0.15) is 0 Å². The molecule has 0 amide bonds. The van der Waals surface area contributed by atoms with Crippen molar-refractivity contribution in [2.75, 3.05) is 0 Å². The third kappa shape index (κ3) is 2.08. The summed E-state index contributed by atoms with van der Waals surface area (Å²) in [6.07, 6.45) is 0. The highest BCUT2D eigenvalue weighted by Crippen LogP contribution is 2.31. The number of aromatic nitrogens is 3. The monoisotopic (exact) mass is 337 g/mol. The summed E-state index contributed by atoms with van der Waals surface area (Å²) in [5, 5.41) is 0.203. The molecule has 0 saturated carbocycles. The van der Waals surface area contributed by atoms with Crippen LogP contribution >= 0.6 is 34.8 Å². The van der Waals surface area contributed by atoms with Crippen molar-refractivity contribution in [3.63, 3.8) is 0 Å². The van der Waals surface area contributed by atoms with Crippen LogP contribution < -0.4 is 11.2 Å². The number of aryl methyl sites for hydroxylation is 2. The van der Waals surface area contributed by atoms with Crippen LogP contribution in [-0.2, 0) is 21.1 Å². The van der Waals surface area contributed by atoms with Crippen molar-refractivity contribution in [1.29, 1.82) is 0 Å². The highest BCUT2D eigenvalue weighted by Gasteiger charge is 2.34. The first-order chi connectivity index (χ1) is 9.07. The molecule has 0 N–H and O–H groups in total. The third-order valence-corrected chi connectivity index (χ3v) is 3.63. The highest BCUT2D eigenvalue weighted by molar-refractivity contribution is 6.77. The molecule has 0 unspecified atom stereocenters. The van der Waals surface area contributed by atoms with Gasteiger partial charge >= 0.3 is 5.69 Å². The number of nitrogens with zero attached hydrogens (tertiary/aromatic N) is 3. The Morgan fingerprint density at radius 2 is 1.60 bits per heavy atom. The first-order valence-electron chi connectivity index (χ1n) is 5.44. The van der Waals surface area contributed by atoms with E-state index < -0.39 is 20.8 Å². The highest BCUT2D eigenvalue weighted by atomic mass is 35.6. The lowest BCUT2D eigenvalue weighted by Gasteiger charge is -2.11. The molecule has 0 aromatic carbocycles. The maximum atomic E-state index is 12.1. The van der Waals surface area contributed by atoms with Gasteiger partial charge in [0.15, 0.2) is 0 Å². The van der Waals surface area contributed by atoms with Crippen LogP contribution in [0.5, 0.6) is 0 Å². The second-order valence-corrected chi connectivity index (χ2v) is 6.64. The largest absolute Gasteiger partial charge is 0.332 e. The molecule has 2 aromatic heterocycles. The van der Waals surface area contributed by atoms with Crippen molar-refractivity contribution in [2.45, 2.75) is 3.79 Å². The van der Waals surface area contributed by atoms with E-state index in [0.29, 0.717) is 0 Å². The fraction of sp³-hybridized carbons (Fsp3) is 0.364. The van der Waals surface area contributed by atoms with Gasteiger partial charge in [0, 0.05) is 21.1 Å². The van der Waals surface area contributed by atoms with Crippen molar-refractivity contribution in [2.24, 2.45) is 21.1 Å². The van der Waals surface area contributed by atoms with Crippen LogP contribution in [-0.4, -0.2) is 23.3 Å². The van der Waals surface area contributed by atoms with Gasteiger partial charge in [-0.1, -0.05) is 34.8 Å². The summed E-state index contributed by atoms with van der Waals surface area (Å²) < 4.78 is 1.44. The molecule has 0 bridgehead atoms. The molecule has 2 rings (SSSR count). The first-order valence-corrected chi connectivity index (χ1v) is 6.57. The van der Waals surface area contributed by atoms with Gasteiger partial charge < -0.3 is 4.57 Å². The average Bonchev–Trinajstić information content (AvgIpc) is 2.69. The quantitative estimate of drug-likeness (QED) is 0.578. The van der Waals surface area contributed by atoms with Crippen LogP contribution in [0.2, 0.25) is 0 Å². The smallest absolute Gasteiger partial charge is 0.327 e. The van der Waals surface area contributed by atoms with Crippen molar-refractivity contribution in [1.82, 2.24) is 13.7 Å². The number of carbonyl (C=O) groups excluding carboxylic acids is 1. The molecule has 2 aromatic rings. The van der Waals surface area contributed by atoms with Gasteiger partial charge in [0.05, 0.1) is 11.1 Å². The summed E-state index contributed by atoms with van der Waals surface area (Å²) in [5.74, 6) is -0.768. The minimum atomic E-state index is -2.13. The molecule has 0 fully saturated rings. The van der Waals surface area contributed by atoms with Gasteiger partial charge in [0.2, 0.25) is 5.78 Å². The van der Waals surface area contributed by atoms with Crippen molar-refractivity contribution < 1.29 is 4.79 Å². The zero-order valence-corrected chi connectivity index (χ0v) is 13.0. The summed E-state index contributed by atoms with van der Waals surface area (Å²) in [7, 11) is 4.37. The zero-order valence-electron chi connectivity index (χ0n) is 10.8. The SMILES string of the molecule is Cn1c(=O)c2cc(C(=O)C(Cl)(Cl)Cl)n(C)c2n(C)c1=O. The number of ketones is 1. The lowest BCUT2D eigenvalue weighted by Crippen LogP contribution is -2.37. The molecule has 0 aliphatic carbocycles. The van der Waals surface area contributed by atoms with E-state index in [1.54, 1.807) is 0 Å². The Morgan fingerprint density at radius 1 is 1.05 bits per heavy atom. The lowest BCUT2D eigenvalue weighted by molar-refractivity contribution is 0.0989. The Morgan fingerprint density at radius 3 is 2.10 bits per heavy atom. The summed E-state index contributed by atoms with van der Waals surface area (Å²) in [6.45, 7) is 0. The standard InChI is InChI=1S/C11H10Cl3N3O3/c1-15-6(7(18)11(12,13)14)4-5-8(15)16(2)10(20)17(3)9(5)19/h4H,1-3H3. The molecule has 9 heteroatoms. The van der Waals surface area contributed by atoms with Gasteiger partial charge in [-0.05, 0) is 6.07 Å². The van der Waals surface area contributed by atoms with E-state index in [1.807, 2.05) is 0 Å². The van der Waals surface area contributed by atoms with Crippen molar-refractivity contribution in [3.05, 3.63) is 32.6 Å². The van der Waals surface area contributed by atoms with Gasteiger partial charge in [-0.3, -0.25) is 18.7 Å². The molecule has 0 saturated heterocycles. The molecule has 0 atom stereocenters. The van der Waals surface area contributed by atoms with Gasteiger partial charge in [0.1, 0.15) is 5.65 Å². The summed E-state index contributed by atoms with van der Waals surface area (Å²) in [4.78, 5) is 36.0. The Kier molecular flexibility index (Phi) is 3.52. The maximum absolute atomic E-state index is 12.1. The summed E-state index contributed by atoms with van der Waals surface area (Å²) in [5.41, 5.74) is -0.687. The molecule has 6 nitrogen and oxygen atoms in total. The van der Waals surface area contributed by atoms with E-state index in [1.165, 1.54) is 36.3 Å². The van der Waals surface area contributed by atoms with Crippen LogP contribution in [0.25, 0.3) is 11.0 Å². The fourth-order valence-corrected chi connectivity index (χ4v) is 2.39. The second kappa shape index (κ2) is 4.65. The fourth-order valence-electron chi connectivity index (χ4n) is 2.10. The third-order valence-electron chi connectivity index (χ3n) is 3.12. The Bertz CT molecular complexity index is 839. The molecule has 0 aliphatic heterocycles. The number of halogens is 3. The maximum Gasteiger partial charge on any atom is 0.332 e. The minimum absolute atomic E-state index is 0.0401. The zero-order chi connectivity index (χ0) is 15.4. The molecule has 2 heterocycles. The molecule has 20 heavy (non-hydrogen) atoms. The van der Waals surface area contributed by atoms with E-state index in [9.17, 15) is 14.4 Å². The molecular weight excluding hydrogens is 328 g/mol. The van der Waals surface area contributed by atoms with E-state index in [-0.39, 0.29) is 16.7 Å². The lowest BCUT2D eigenvalue weighted by atomic mass is 10.3. The Balaban J connectivity index is 2.95. The molecular formula is C11H10Cl3N3O3. The average molecular weight is 339 g/mol. The van der Waals surface area contributed by atoms with Crippen LogP contribution in [0.3, 0.4) is 0 Å². The summed E-state index contributed by atoms with van der Waals surface area (Å²) in [6, 6.07) is 1.32. The number of fused-ring (bicyclic) bond motifs is 1. The van der Waals surface area contributed by atoms with Gasteiger partial charge in [-0.15, -0.1) is 0 Å². The van der Waals surface area contributed by atoms with Gasteiger partial charge in [-0.25, -0.2) is 4.79 Å². The predicted octanol–water partition coefficient (Wildman–Crippen LogP) is 1.13.